The molecule has 1 saturated carbocycles. The Balaban J connectivity index is 1.68. The summed E-state index contributed by atoms with van der Waals surface area (Å²) >= 11 is 0. The van der Waals surface area contributed by atoms with Crippen molar-refractivity contribution in [2.45, 2.75) is 24.7 Å². The van der Waals surface area contributed by atoms with Crippen molar-refractivity contribution in [2.75, 3.05) is 5.32 Å². The van der Waals surface area contributed by atoms with Gasteiger partial charge in [0.2, 0.25) is 11.9 Å². The second kappa shape index (κ2) is 6.79. The Morgan fingerprint density at radius 2 is 1.90 bits per heavy atom. The molecule has 0 aliphatic heterocycles. The fourth-order valence-electron chi connectivity index (χ4n) is 3.41. The lowest BCUT2D eigenvalue weighted by Gasteiger charge is -2.43. The number of amides is 1. The number of rotatable bonds is 4. The summed E-state index contributed by atoms with van der Waals surface area (Å²) in [5, 5.41) is 2.38. The minimum atomic E-state index is -4.24. The van der Waals surface area contributed by atoms with Crippen LogP contribution in [0.15, 0.2) is 42.5 Å². The third-order valence-corrected chi connectivity index (χ3v) is 5.04. The van der Waals surface area contributed by atoms with Crippen molar-refractivity contribution in [3.63, 3.8) is 0 Å². The topological polar surface area (TPSA) is 51.3 Å². The molecule has 1 heterocycles. The SMILES string of the molecule is [C-]#[N+]c1ccc2nc(NC(=O)CC3CC(F)(F)C3(F)F)n(-c3ccc(F)cc3)c2c1. The van der Waals surface area contributed by atoms with Gasteiger partial charge < -0.3 is 0 Å². The van der Waals surface area contributed by atoms with Gasteiger partial charge in [-0.2, -0.15) is 17.6 Å². The van der Waals surface area contributed by atoms with Gasteiger partial charge >= 0.3 is 11.8 Å². The number of halogens is 5. The van der Waals surface area contributed by atoms with Gasteiger partial charge in [-0.25, -0.2) is 14.2 Å². The van der Waals surface area contributed by atoms with Crippen molar-refractivity contribution in [2.24, 2.45) is 5.92 Å². The van der Waals surface area contributed by atoms with E-state index >= 15 is 0 Å². The molecule has 0 spiro atoms. The first-order valence-corrected chi connectivity index (χ1v) is 8.84. The van der Waals surface area contributed by atoms with Crippen molar-refractivity contribution in [1.29, 1.82) is 0 Å². The molecule has 1 amide bonds. The maximum Gasteiger partial charge on any atom is 0.313 e. The monoisotopic (exact) mass is 420 g/mol. The summed E-state index contributed by atoms with van der Waals surface area (Å²) in [6, 6.07) is 9.76. The third-order valence-electron chi connectivity index (χ3n) is 5.04. The molecular formula is C20H13F5N4O. The van der Waals surface area contributed by atoms with E-state index in [-0.39, 0.29) is 5.95 Å². The van der Waals surface area contributed by atoms with Crippen molar-refractivity contribution >= 4 is 28.6 Å². The first-order valence-electron chi connectivity index (χ1n) is 8.84. The summed E-state index contributed by atoms with van der Waals surface area (Å²) in [5.41, 5.74) is 1.50. The number of carbonyl (C=O) groups is 1. The van der Waals surface area contributed by atoms with Crippen LogP contribution in [0.3, 0.4) is 0 Å². The number of benzene rings is 2. The van der Waals surface area contributed by atoms with Gasteiger partial charge in [0.25, 0.3) is 0 Å². The average molecular weight is 420 g/mol. The van der Waals surface area contributed by atoms with Crippen LogP contribution in [0.1, 0.15) is 12.8 Å². The molecule has 154 valence electrons. The van der Waals surface area contributed by atoms with E-state index in [1.54, 1.807) is 6.07 Å². The molecule has 5 nitrogen and oxygen atoms in total. The molecule has 1 atom stereocenters. The summed E-state index contributed by atoms with van der Waals surface area (Å²) in [4.78, 5) is 19.9. The first kappa shape index (κ1) is 19.8. The molecule has 10 heteroatoms. The fourth-order valence-corrected chi connectivity index (χ4v) is 3.41. The smallest absolute Gasteiger partial charge is 0.296 e. The Hall–Kier alpha value is -3.48. The predicted molar refractivity (Wildman–Crippen MR) is 98.5 cm³/mol. The molecular weight excluding hydrogens is 407 g/mol. The number of aromatic nitrogens is 2. The van der Waals surface area contributed by atoms with Crippen LogP contribution in [0.25, 0.3) is 21.6 Å². The highest BCUT2D eigenvalue weighted by Gasteiger charge is 2.71. The van der Waals surface area contributed by atoms with E-state index < -0.39 is 42.3 Å². The number of carbonyl (C=O) groups excluding carboxylic acids is 1. The number of hydrogen-bond donors (Lipinski definition) is 1. The molecule has 2 aromatic carbocycles. The lowest BCUT2D eigenvalue weighted by Crippen LogP contribution is -2.59. The molecule has 1 N–H and O–H groups in total. The molecule has 1 aromatic heterocycles. The van der Waals surface area contributed by atoms with Crippen LogP contribution in [0.4, 0.5) is 33.6 Å². The van der Waals surface area contributed by atoms with Gasteiger partial charge in [-0.05, 0) is 36.4 Å². The summed E-state index contributed by atoms with van der Waals surface area (Å²) in [7, 11) is 0. The van der Waals surface area contributed by atoms with E-state index in [1.165, 1.54) is 41.0 Å². The van der Waals surface area contributed by atoms with Gasteiger partial charge in [-0.1, -0.05) is 6.07 Å². The lowest BCUT2D eigenvalue weighted by molar-refractivity contribution is -0.313. The van der Waals surface area contributed by atoms with Crippen LogP contribution in [0, 0.1) is 18.3 Å². The molecule has 0 saturated heterocycles. The van der Waals surface area contributed by atoms with Crippen LogP contribution in [0.5, 0.6) is 0 Å². The van der Waals surface area contributed by atoms with Crippen LogP contribution >= 0.6 is 0 Å². The van der Waals surface area contributed by atoms with Crippen LogP contribution in [-0.4, -0.2) is 27.3 Å². The van der Waals surface area contributed by atoms with Gasteiger partial charge in [0.15, 0.2) is 5.69 Å². The zero-order valence-corrected chi connectivity index (χ0v) is 15.2. The summed E-state index contributed by atoms with van der Waals surface area (Å²) < 4.78 is 67.8. The molecule has 1 aliphatic carbocycles. The van der Waals surface area contributed by atoms with Gasteiger partial charge in [0.05, 0.1) is 17.6 Å². The Labute approximate surface area is 166 Å². The number of imidazole rings is 1. The Morgan fingerprint density at radius 1 is 1.20 bits per heavy atom. The number of hydrogen-bond acceptors (Lipinski definition) is 2. The second-order valence-corrected chi connectivity index (χ2v) is 7.01. The minimum Gasteiger partial charge on any atom is -0.296 e. The average Bonchev–Trinajstić information content (AvgIpc) is 3.04. The normalized spacial score (nSPS) is 19.1. The molecule has 0 bridgehead atoms. The van der Waals surface area contributed by atoms with Gasteiger partial charge in [-0.3, -0.25) is 14.7 Å². The first-order chi connectivity index (χ1) is 14.1. The fraction of sp³-hybridized carbons (Fsp3) is 0.250. The maximum absolute atomic E-state index is 13.5. The third kappa shape index (κ3) is 3.16. The highest BCUT2D eigenvalue weighted by Crippen LogP contribution is 2.56. The van der Waals surface area contributed by atoms with Crippen LogP contribution in [-0.2, 0) is 4.79 Å². The summed E-state index contributed by atoms with van der Waals surface area (Å²) in [5.74, 6) is -11.6. The number of fused-ring (bicyclic) bond motifs is 1. The van der Waals surface area contributed by atoms with Gasteiger partial charge in [-0.15, -0.1) is 0 Å². The molecule has 0 radical (unpaired) electrons. The van der Waals surface area contributed by atoms with Gasteiger partial charge in [0.1, 0.15) is 5.82 Å². The van der Waals surface area contributed by atoms with Crippen molar-refractivity contribution < 1.29 is 26.7 Å². The zero-order valence-electron chi connectivity index (χ0n) is 15.2. The number of nitrogens with one attached hydrogen (secondary N) is 1. The van der Waals surface area contributed by atoms with E-state index in [9.17, 15) is 26.7 Å². The van der Waals surface area contributed by atoms with E-state index in [4.69, 9.17) is 6.57 Å². The van der Waals surface area contributed by atoms with E-state index in [0.717, 1.165) is 0 Å². The Morgan fingerprint density at radius 3 is 2.50 bits per heavy atom. The molecule has 30 heavy (non-hydrogen) atoms. The Bertz CT molecular complexity index is 1180. The molecule has 1 fully saturated rings. The summed E-state index contributed by atoms with van der Waals surface area (Å²) in [6.45, 7) is 7.16. The quantitative estimate of drug-likeness (QED) is 0.458. The van der Waals surface area contributed by atoms with E-state index in [2.05, 4.69) is 15.1 Å². The zero-order chi connectivity index (χ0) is 21.7. The second-order valence-electron chi connectivity index (χ2n) is 7.01. The van der Waals surface area contributed by atoms with Crippen LogP contribution < -0.4 is 5.32 Å². The van der Waals surface area contributed by atoms with E-state index in [0.29, 0.717) is 22.4 Å². The maximum atomic E-state index is 13.5. The molecule has 4 rings (SSSR count). The summed E-state index contributed by atoms with van der Waals surface area (Å²) in [6.07, 6.45) is -1.88. The number of anilines is 1. The molecule has 1 unspecified atom stereocenters. The van der Waals surface area contributed by atoms with Gasteiger partial charge in [0, 0.05) is 24.4 Å². The number of alkyl halides is 4. The lowest BCUT2D eigenvalue weighted by atomic mass is 9.74. The van der Waals surface area contributed by atoms with Crippen molar-refractivity contribution in [3.8, 4) is 5.69 Å². The predicted octanol–water partition coefficient (Wildman–Crippen LogP) is 5.33. The van der Waals surface area contributed by atoms with Crippen molar-refractivity contribution in [3.05, 3.63) is 59.7 Å². The highest BCUT2D eigenvalue weighted by molar-refractivity contribution is 5.93. The minimum absolute atomic E-state index is 0.0573. The molecule has 3 aromatic rings. The highest BCUT2D eigenvalue weighted by atomic mass is 19.3. The van der Waals surface area contributed by atoms with Crippen LogP contribution in [0.2, 0.25) is 0 Å². The van der Waals surface area contributed by atoms with Crippen molar-refractivity contribution in [1.82, 2.24) is 9.55 Å². The Kier molecular flexibility index (Phi) is 4.49. The molecule has 1 aliphatic rings. The largest absolute Gasteiger partial charge is 0.313 e. The van der Waals surface area contributed by atoms with E-state index in [1.807, 2.05) is 0 Å². The standard InChI is InChI=1S/C20H13F5N4O/c1-26-13-4-7-15-16(9-13)29(14-5-2-12(21)3-6-14)18(27-15)28-17(30)8-11-10-19(22,23)20(11,24)25/h2-7,9,11H,8,10H2,(H,27,28,30). The number of nitrogens with zero attached hydrogens (tertiary/aromatic N) is 3.